The summed E-state index contributed by atoms with van der Waals surface area (Å²) in [4.78, 5) is 38.8. The van der Waals surface area contributed by atoms with Crippen LogP contribution in [0.15, 0.2) is 18.2 Å². The number of benzene rings is 1. The molecule has 6 nitrogen and oxygen atoms in total. The Bertz CT molecular complexity index is 1070. The van der Waals surface area contributed by atoms with Crippen molar-refractivity contribution in [1.29, 1.82) is 0 Å². The Labute approximate surface area is 181 Å². The number of aromatic nitrogens is 1. The van der Waals surface area contributed by atoms with Crippen LogP contribution in [-0.2, 0) is 17.8 Å². The first-order chi connectivity index (χ1) is 14.8. The van der Waals surface area contributed by atoms with Crippen molar-refractivity contribution in [3.63, 3.8) is 0 Å². The van der Waals surface area contributed by atoms with Gasteiger partial charge in [-0.05, 0) is 81.2 Å². The van der Waals surface area contributed by atoms with Gasteiger partial charge in [0.15, 0.2) is 0 Å². The smallest absolute Gasteiger partial charge is 0.294 e. The number of amides is 2. The minimum absolute atomic E-state index is 0.0482. The van der Waals surface area contributed by atoms with Gasteiger partial charge in [-0.15, -0.1) is 0 Å². The fourth-order valence-electron chi connectivity index (χ4n) is 4.77. The molecule has 2 aromatic rings. The van der Waals surface area contributed by atoms with E-state index >= 15 is 0 Å². The lowest BCUT2D eigenvalue weighted by molar-refractivity contribution is -0.118. The molecule has 1 fully saturated rings. The summed E-state index contributed by atoms with van der Waals surface area (Å²) in [6.07, 6.45) is 4.24. The highest BCUT2D eigenvalue weighted by Crippen LogP contribution is 2.30. The third-order valence-corrected chi connectivity index (χ3v) is 6.43. The number of nitrogens with zero attached hydrogens (tertiary/aromatic N) is 1. The van der Waals surface area contributed by atoms with E-state index in [9.17, 15) is 18.8 Å². The molecule has 2 aliphatic rings. The summed E-state index contributed by atoms with van der Waals surface area (Å²) in [5, 5.41) is 5.65. The molecule has 2 N–H and O–H groups in total. The van der Waals surface area contributed by atoms with Gasteiger partial charge in [-0.25, -0.2) is 4.39 Å². The van der Waals surface area contributed by atoms with Gasteiger partial charge in [0, 0.05) is 24.0 Å². The molecule has 7 heteroatoms. The number of hydrogen-bond acceptors (Lipinski definition) is 3. The minimum atomic E-state index is -0.605. The number of hydrogen-bond donors (Lipinski definition) is 2. The highest BCUT2D eigenvalue weighted by molar-refractivity contribution is 6.43. The number of carbonyl (C=O) groups excluding carboxylic acids is 3. The lowest BCUT2D eigenvalue weighted by atomic mass is 9.82. The molecule has 0 atom stereocenters. The van der Waals surface area contributed by atoms with E-state index in [2.05, 4.69) is 17.6 Å². The maximum Gasteiger partial charge on any atom is 0.294 e. The van der Waals surface area contributed by atoms with Crippen LogP contribution in [-0.4, -0.2) is 28.2 Å². The molecule has 0 radical (unpaired) electrons. The monoisotopic (exact) mass is 425 g/mol. The number of anilines is 1. The Hall–Kier alpha value is -2.96. The van der Waals surface area contributed by atoms with E-state index in [4.69, 9.17) is 0 Å². The third-order valence-electron chi connectivity index (χ3n) is 6.43. The number of aryl methyl sites for hydroxylation is 1. The van der Waals surface area contributed by atoms with Crippen molar-refractivity contribution in [2.24, 2.45) is 5.92 Å². The number of halogens is 1. The van der Waals surface area contributed by atoms with E-state index in [1.165, 1.54) is 12.1 Å². The molecule has 0 bridgehead atoms. The summed E-state index contributed by atoms with van der Waals surface area (Å²) < 4.78 is 15.4. The maximum atomic E-state index is 13.6. The van der Waals surface area contributed by atoms with Crippen LogP contribution in [0.2, 0.25) is 0 Å². The Kier molecular flexibility index (Phi) is 5.69. The lowest BCUT2D eigenvalue weighted by Gasteiger charge is -2.33. The molecule has 1 aromatic carbocycles. The molecule has 164 valence electrons. The van der Waals surface area contributed by atoms with E-state index in [0.29, 0.717) is 47.0 Å². The highest BCUT2D eigenvalue weighted by Gasteiger charge is 2.34. The van der Waals surface area contributed by atoms with Gasteiger partial charge in [-0.3, -0.25) is 14.4 Å². The van der Waals surface area contributed by atoms with Gasteiger partial charge in [-0.2, -0.15) is 0 Å². The van der Waals surface area contributed by atoms with Crippen molar-refractivity contribution in [2.75, 3.05) is 5.32 Å². The van der Waals surface area contributed by atoms with Gasteiger partial charge in [0.05, 0.1) is 11.3 Å². The van der Waals surface area contributed by atoms with Gasteiger partial charge in [-0.1, -0.05) is 6.92 Å². The Morgan fingerprint density at radius 2 is 1.87 bits per heavy atom. The lowest BCUT2D eigenvalue weighted by Crippen LogP contribution is -2.46. The second-order valence-corrected chi connectivity index (χ2v) is 8.90. The summed E-state index contributed by atoms with van der Waals surface area (Å²) in [6, 6.07) is 4.45. The molecule has 2 amide bonds. The van der Waals surface area contributed by atoms with E-state index in [1.54, 1.807) is 19.9 Å². The number of nitrogens with one attached hydrogen (secondary N) is 2. The summed E-state index contributed by atoms with van der Waals surface area (Å²) in [7, 11) is 0. The normalized spacial score (nSPS) is 19.9. The number of rotatable bonds is 5. The first kappa shape index (κ1) is 21.3. The minimum Gasteiger partial charge on any atom is -0.346 e. The fourth-order valence-corrected chi connectivity index (χ4v) is 4.77. The third kappa shape index (κ3) is 4.01. The zero-order valence-electron chi connectivity index (χ0n) is 18.2. The average Bonchev–Trinajstić information content (AvgIpc) is 3.00. The van der Waals surface area contributed by atoms with Crippen molar-refractivity contribution in [3.05, 3.63) is 52.1 Å². The van der Waals surface area contributed by atoms with E-state index < -0.39 is 11.7 Å². The van der Waals surface area contributed by atoms with E-state index in [-0.39, 0.29) is 17.8 Å². The molecule has 0 unspecified atom stereocenters. The Balaban J connectivity index is 1.63. The van der Waals surface area contributed by atoms with Gasteiger partial charge < -0.3 is 15.2 Å². The van der Waals surface area contributed by atoms with Crippen LogP contribution in [0.4, 0.5) is 10.1 Å². The Morgan fingerprint density at radius 3 is 2.55 bits per heavy atom. The van der Waals surface area contributed by atoms with Crippen LogP contribution in [0.25, 0.3) is 0 Å². The summed E-state index contributed by atoms with van der Waals surface area (Å²) in [6.45, 7) is 6.08. The second kappa shape index (κ2) is 8.29. The number of Topliss-reactive ketones (excluding diaryl/α,β-unsaturated/α-hetero) is 1. The zero-order valence-corrected chi connectivity index (χ0v) is 18.2. The van der Waals surface area contributed by atoms with Crippen LogP contribution in [0.5, 0.6) is 0 Å². The van der Waals surface area contributed by atoms with Crippen molar-refractivity contribution in [1.82, 2.24) is 9.88 Å². The number of carbonyl (C=O) groups is 3. The molecule has 0 saturated heterocycles. The van der Waals surface area contributed by atoms with Gasteiger partial charge >= 0.3 is 0 Å². The molecule has 1 saturated carbocycles. The standard InChI is InChI=1S/C24H28FN3O3/c1-13-10-17(11-13)27-24(31)22(29)21-15(3)20(19-6-4-5-9-28(19)21)23(30)26-16-7-8-18(25)14(2)12-16/h7-8,12-13,17H,4-6,9-11H2,1-3H3,(H,26,30)(H,27,31). The van der Waals surface area contributed by atoms with Crippen molar-refractivity contribution in [2.45, 2.75) is 65.5 Å². The highest BCUT2D eigenvalue weighted by atomic mass is 19.1. The average molecular weight is 426 g/mol. The fraction of sp³-hybridized carbons (Fsp3) is 0.458. The quantitative estimate of drug-likeness (QED) is 0.563. The van der Waals surface area contributed by atoms with Gasteiger partial charge in [0.2, 0.25) is 0 Å². The zero-order chi connectivity index (χ0) is 22.3. The SMILES string of the molecule is Cc1cc(NC(=O)c2c(C)c(C(=O)C(=O)NC3CC(C)C3)n3c2CCCC3)ccc1F. The van der Waals surface area contributed by atoms with Crippen LogP contribution >= 0.6 is 0 Å². The molecule has 4 rings (SSSR count). The molecular formula is C24H28FN3O3. The van der Waals surface area contributed by atoms with Gasteiger partial charge in [0.25, 0.3) is 17.6 Å². The van der Waals surface area contributed by atoms with Crippen LogP contribution in [0.1, 0.15) is 70.3 Å². The first-order valence-electron chi connectivity index (χ1n) is 10.9. The van der Waals surface area contributed by atoms with Crippen LogP contribution in [0, 0.1) is 25.6 Å². The van der Waals surface area contributed by atoms with Gasteiger partial charge in [0.1, 0.15) is 5.82 Å². The largest absolute Gasteiger partial charge is 0.346 e. The van der Waals surface area contributed by atoms with E-state index in [0.717, 1.165) is 31.4 Å². The van der Waals surface area contributed by atoms with Crippen molar-refractivity contribution < 1.29 is 18.8 Å². The van der Waals surface area contributed by atoms with Crippen LogP contribution < -0.4 is 10.6 Å². The second-order valence-electron chi connectivity index (χ2n) is 8.90. The van der Waals surface area contributed by atoms with Crippen LogP contribution in [0.3, 0.4) is 0 Å². The van der Waals surface area contributed by atoms with Crippen molar-refractivity contribution in [3.8, 4) is 0 Å². The topological polar surface area (TPSA) is 80.2 Å². The first-order valence-corrected chi connectivity index (χ1v) is 10.9. The molecular weight excluding hydrogens is 397 g/mol. The maximum absolute atomic E-state index is 13.6. The molecule has 1 aromatic heterocycles. The predicted molar refractivity (Wildman–Crippen MR) is 116 cm³/mol. The summed E-state index contributed by atoms with van der Waals surface area (Å²) in [5.74, 6) is -1.31. The molecule has 1 aliphatic carbocycles. The number of fused-ring (bicyclic) bond motifs is 1. The summed E-state index contributed by atoms with van der Waals surface area (Å²) >= 11 is 0. The Morgan fingerprint density at radius 1 is 1.13 bits per heavy atom. The summed E-state index contributed by atoms with van der Waals surface area (Å²) in [5.41, 5.74) is 2.98. The van der Waals surface area contributed by atoms with Crippen molar-refractivity contribution >= 4 is 23.3 Å². The number of ketones is 1. The molecule has 2 heterocycles. The molecule has 31 heavy (non-hydrogen) atoms. The molecule has 0 spiro atoms. The molecule has 1 aliphatic heterocycles. The predicted octanol–water partition coefficient (Wildman–Crippen LogP) is 3.93. The van der Waals surface area contributed by atoms with E-state index in [1.807, 2.05) is 4.57 Å².